The van der Waals surface area contributed by atoms with Gasteiger partial charge in [-0.15, -0.1) is 0 Å². The van der Waals surface area contributed by atoms with Crippen LogP contribution in [0.3, 0.4) is 0 Å². The van der Waals surface area contributed by atoms with Crippen molar-refractivity contribution in [3.63, 3.8) is 0 Å². The Balaban J connectivity index is 2.17. The van der Waals surface area contributed by atoms with Gasteiger partial charge in [-0.1, -0.05) is 20.8 Å². The van der Waals surface area contributed by atoms with E-state index in [1.165, 1.54) is 0 Å². The average Bonchev–Trinajstić information content (AvgIpc) is 2.56. The minimum Gasteiger partial charge on any atom is -0.490 e. The molecular formula is C21H25NO3. The Bertz CT molecular complexity index is 979. The second-order valence-electron chi connectivity index (χ2n) is 7.85. The van der Waals surface area contributed by atoms with Crippen molar-refractivity contribution in [1.29, 1.82) is 0 Å². The standard InChI is InChI=1S/C21H25NO3/c1-11-12(2)19(23)13(3)20-18(11)22-16-9-8-15(10-17(16)25-20)24-14(4)21(5,6)7/h8-10,14H,1-7H3/t14-/m0/s1. The maximum atomic E-state index is 12.3. The molecule has 0 unspecified atom stereocenters. The molecule has 0 saturated heterocycles. The van der Waals surface area contributed by atoms with Crippen LogP contribution in [0.5, 0.6) is 5.75 Å². The van der Waals surface area contributed by atoms with Gasteiger partial charge in [0.25, 0.3) is 0 Å². The summed E-state index contributed by atoms with van der Waals surface area (Å²) in [6.07, 6.45) is 0.0539. The van der Waals surface area contributed by atoms with E-state index in [-0.39, 0.29) is 16.9 Å². The highest BCUT2D eigenvalue weighted by Crippen LogP contribution is 2.32. The van der Waals surface area contributed by atoms with Gasteiger partial charge >= 0.3 is 0 Å². The molecule has 0 bridgehead atoms. The predicted molar refractivity (Wildman–Crippen MR) is 101 cm³/mol. The molecule has 0 aromatic heterocycles. The Labute approximate surface area is 148 Å². The average molecular weight is 339 g/mol. The summed E-state index contributed by atoms with van der Waals surface area (Å²) in [5, 5.41) is 0. The zero-order valence-corrected chi connectivity index (χ0v) is 16.0. The third-order valence-corrected chi connectivity index (χ3v) is 5.06. The summed E-state index contributed by atoms with van der Waals surface area (Å²) < 4.78 is 12.1. The minimum atomic E-state index is 0.0173. The van der Waals surface area contributed by atoms with E-state index in [1.54, 1.807) is 6.92 Å². The van der Waals surface area contributed by atoms with Gasteiger partial charge in [-0.25, -0.2) is 4.98 Å². The molecule has 0 amide bonds. The molecule has 0 N–H and O–H groups in total. The van der Waals surface area contributed by atoms with Gasteiger partial charge < -0.3 is 9.15 Å². The van der Waals surface area contributed by atoms with Crippen molar-refractivity contribution in [3.8, 4) is 17.2 Å². The first-order valence-electron chi connectivity index (χ1n) is 8.60. The topological polar surface area (TPSA) is 52.3 Å². The van der Waals surface area contributed by atoms with Crippen molar-refractivity contribution in [3.05, 3.63) is 45.1 Å². The quantitative estimate of drug-likeness (QED) is 0.614. The summed E-state index contributed by atoms with van der Waals surface area (Å²) in [4.78, 5) is 17.1. The van der Waals surface area contributed by atoms with Gasteiger partial charge in [-0.05, 0) is 50.8 Å². The van der Waals surface area contributed by atoms with Crippen LogP contribution in [0.1, 0.15) is 44.4 Å². The number of ether oxygens (including phenoxy) is 1. The maximum Gasteiger partial charge on any atom is 0.188 e. The maximum absolute atomic E-state index is 12.3. The number of rotatable bonds is 2. The molecule has 0 saturated carbocycles. The molecule has 132 valence electrons. The lowest BCUT2D eigenvalue weighted by atomic mass is 9.90. The van der Waals surface area contributed by atoms with E-state index in [2.05, 4.69) is 27.7 Å². The van der Waals surface area contributed by atoms with E-state index in [1.807, 2.05) is 32.0 Å². The lowest BCUT2D eigenvalue weighted by molar-refractivity contribution is 0.104. The molecule has 3 rings (SSSR count). The van der Waals surface area contributed by atoms with Gasteiger partial charge in [0.1, 0.15) is 23.1 Å². The molecule has 0 fully saturated rings. The van der Waals surface area contributed by atoms with Crippen LogP contribution in [-0.2, 0) is 0 Å². The zero-order chi connectivity index (χ0) is 18.5. The van der Waals surface area contributed by atoms with Crippen LogP contribution in [0.4, 0.5) is 0 Å². The summed E-state index contributed by atoms with van der Waals surface area (Å²) in [6, 6.07) is 5.66. The fraction of sp³-hybridized carbons (Fsp3) is 0.429. The van der Waals surface area contributed by atoms with E-state index in [0.29, 0.717) is 16.9 Å². The van der Waals surface area contributed by atoms with Crippen LogP contribution in [0.15, 0.2) is 27.4 Å². The third-order valence-electron chi connectivity index (χ3n) is 5.06. The molecule has 1 atom stereocenters. The zero-order valence-electron chi connectivity index (χ0n) is 16.0. The van der Waals surface area contributed by atoms with E-state index < -0.39 is 0 Å². The molecule has 1 aromatic carbocycles. The molecule has 4 nitrogen and oxygen atoms in total. The Hall–Kier alpha value is -2.36. The number of fused-ring (bicyclic) bond motifs is 2. The molecule has 0 radical (unpaired) electrons. The highest BCUT2D eigenvalue weighted by Gasteiger charge is 2.23. The van der Waals surface area contributed by atoms with Crippen molar-refractivity contribution in [2.24, 2.45) is 5.41 Å². The Morgan fingerprint density at radius 1 is 1.08 bits per heavy atom. The summed E-state index contributed by atoms with van der Waals surface area (Å²) in [5.41, 5.74) is 4.38. The fourth-order valence-corrected chi connectivity index (χ4v) is 2.69. The normalized spacial score (nSPS) is 13.4. The van der Waals surface area contributed by atoms with Crippen LogP contribution < -0.4 is 10.2 Å². The van der Waals surface area contributed by atoms with Gasteiger partial charge in [-0.2, -0.15) is 0 Å². The van der Waals surface area contributed by atoms with Crippen LogP contribution >= 0.6 is 0 Å². The molecule has 0 spiro atoms. The first-order chi connectivity index (χ1) is 11.6. The Kier molecular flexibility index (Phi) is 4.10. The molecule has 1 aromatic rings. The van der Waals surface area contributed by atoms with Gasteiger partial charge in [-0.3, -0.25) is 4.79 Å². The monoisotopic (exact) mass is 339 g/mol. The summed E-state index contributed by atoms with van der Waals surface area (Å²) in [7, 11) is 0. The predicted octanol–water partition coefficient (Wildman–Crippen LogP) is 5.03. The second kappa shape index (κ2) is 5.87. The third kappa shape index (κ3) is 3.01. The summed E-state index contributed by atoms with van der Waals surface area (Å²) in [6.45, 7) is 14.0. The highest BCUT2D eigenvalue weighted by molar-refractivity contribution is 5.79. The van der Waals surface area contributed by atoms with E-state index in [0.717, 1.165) is 28.1 Å². The lowest BCUT2D eigenvalue weighted by Gasteiger charge is -2.27. The Morgan fingerprint density at radius 3 is 2.40 bits per heavy atom. The molecule has 4 heteroatoms. The van der Waals surface area contributed by atoms with Crippen molar-refractivity contribution >= 4 is 11.1 Å². The number of nitrogens with zero attached hydrogens (tertiary/aromatic N) is 1. The van der Waals surface area contributed by atoms with Crippen molar-refractivity contribution < 1.29 is 9.15 Å². The van der Waals surface area contributed by atoms with Gasteiger partial charge in [0.2, 0.25) is 0 Å². The first kappa shape index (κ1) is 17.5. The van der Waals surface area contributed by atoms with E-state index in [9.17, 15) is 4.79 Å². The first-order valence-corrected chi connectivity index (χ1v) is 8.60. The smallest absolute Gasteiger partial charge is 0.188 e. The Morgan fingerprint density at radius 2 is 1.76 bits per heavy atom. The van der Waals surface area contributed by atoms with Crippen molar-refractivity contribution in [1.82, 2.24) is 4.98 Å². The molecule has 1 aliphatic carbocycles. The van der Waals surface area contributed by atoms with Crippen LogP contribution in [-0.4, -0.2) is 11.1 Å². The molecule has 2 aliphatic rings. The SMILES string of the molecule is Cc1c2nc3ccc(O[C@@H](C)C(C)(C)C)cc3oc-2c(C)c(=O)c1C. The van der Waals surface area contributed by atoms with Gasteiger partial charge in [0.05, 0.1) is 0 Å². The van der Waals surface area contributed by atoms with E-state index >= 15 is 0 Å². The van der Waals surface area contributed by atoms with Crippen molar-refractivity contribution in [2.45, 2.75) is 54.6 Å². The molecular weight excluding hydrogens is 314 g/mol. The largest absolute Gasteiger partial charge is 0.490 e. The van der Waals surface area contributed by atoms with Gasteiger partial charge in [0.15, 0.2) is 16.8 Å². The molecule has 25 heavy (non-hydrogen) atoms. The lowest BCUT2D eigenvalue weighted by Crippen LogP contribution is -2.28. The van der Waals surface area contributed by atoms with Crippen LogP contribution in [0, 0.1) is 26.2 Å². The summed E-state index contributed by atoms with van der Waals surface area (Å²) in [5.74, 6) is 1.30. The van der Waals surface area contributed by atoms with Gasteiger partial charge in [0, 0.05) is 17.2 Å². The fourth-order valence-electron chi connectivity index (χ4n) is 2.69. The van der Waals surface area contributed by atoms with E-state index in [4.69, 9.17) is 14.1 Å². The number of aromatic nitrogens is 1. The number of hydrogen-bond acceptors (Lipinski definition) is 4. The summed E-state index contributed by atoms with van der Waals surface area (Å²) >= 11 is 0. The highest BCUT2D eigenvalue weighted by atomic mass is 16.5. The second-order valence-corrected chi connectivity index (χ2v) is 7.85. The number of benzene rings is 2. The minimum absolute atomic E-state index is 0.0173. The van der Waals surface area contributed by atoms with Crippen LogP contribution in [0.2, 0.25) is 0 Å². The number of hydrogen-bond donors (Lipinski definition) is 0. The van der Waals surface area contributed by atoms with Crippen molar-refractivity contribution in [2.75, 3.05) is 0 Å². The molecule has 1 aliphatic heterocycles. The van der Waals surface area contributed by atoms with Crippen LogP contribution in [0.25, 0.3) is 22.6 Å². The molecule has 1 heterocycles.